The average Bonchev–Trinajstić information content (AvgIpc) is 4.21. The number of aliphatic carboxylic acids is 1. The molecule has 0 atom stereocenters. The summed E-state index contributed by atoms with van der Waals surface area (Å²) in [7, 11) is 0. The maximum Gasteiger partial charge on any atom is 0.357 e. The number of rotatable bonds is 12. The van der Waals surface area contributed by atoms with Crippen LogP contribution in [-0.2, 0) is 20.4 Å². The van der Waals surface area contributed by atoms with Crippen molar-refractivity contribution in [3.63, 3.8) is 0 Å². The Balaban J connectivity index is 0.975. The minimum atomic E-state index is -1.24. The molecule has 0 unspecified atom stereocenters. The Morgan fingerprint density at radius 1 is 0.535 bits per heavy atom. The van der Waals surface area contributed by atoms with Crippen LogP contribution < -0.4 is 9.91 Å². The highest BCUT2D eigenvalue weighted by molar-refractivity contribution is 7.24. The topological polar surface area (TPSA) is 73.2 Å². The van der Waals surface area contributed by atoms with E-state index in [-0.39, 0.29) is 22.1 Å². The van der Waals surface area contributed by atoms with Gasteiger partial charge in [0.1, 0.15) is 0 Å². The van der Waals surface area contributed by atoms with Crippen LogP contribution in [0.4, 0.5) is 22.7 Å². The highest BCUT2D eigenvalue weighted by Crippen LogP contribution is 2.60. The summed E-state index contributed by atoms with van der Waals surface area (Å²) in [6, 6.07) is 58.7. The zero-order chi connectivity index (χ0) is 49.5. The second-order valence-corrected chi connectivity index (χ2v) is 22.6. The number of para-hydroxylation sites is 1. The van der Waals surface area contributed by atoms with Gasteiger partial charge in [-0.15, -0.1) is 22.7 Å². The van der Waals surface area contributed by atoms with Gasteiger partial charge in [0.15, 0.2) is 5.71 Å². The predicted octanol–water partition coefficient (Wildman–Crippen LogP) is 16.6. The SMILES string of the molecule is CC(C)C1(C(C)C)c2ccccc2-c2ccc(N(c3ccc(-c4ccc(-c5ccc(/C=C6\C(=O)N(c7ccccc7)N=C6C(=O)O)s5)s4)cc3)c3ccc4c(c3)C(C(C)C)(C(C)C)c3ccccc3-4)cc21. The number of anilines is 4. The summed E-state index contributed by atoms with van der Waals surface area (Å²) in [5.74, 6) is -0.213. The van der Waals surface area contributed by atoms with Crippen molar-refractivity contribution in [2.45, 2.75) is 66.2 Å². The predicted molar refractivity (Wildman–Crippen MR) is 297 cm³/mol. The summed E-state index contributed by atoms with van der Waals surface area (Å²) in [5, 5.41) is 15.3. The lowest BCUT2D eigenvalue weighted by atomic mass is 9.63. The summed E-state index contributed by atoms with van der Waals surface area (Å²) >= 11 is 3.23. The van der Waals surface area contributed by atoms with E-state index in [0.29, 0.717) is 29.4 Å². The van der Waals surface area contributed by atoms with E-state index in [9.17, 15) is 14.7 Å². The van der Waals surface area contributed by atoms with Crippen molar-refractivity contribution in [2.75, 3.05) is 9.91 Å². The molecule has 71 heavy (non-hydrogen) atoms. The maximum atomic E-state index is 13.5. The van der Waals surface area contributed by atoms with Gasteiger partial charge in [-0.3, -0.25) is 4.79 Å². The Kier molecular flexibility index (Phi) is 11.5. The van der Waals surface area contributed by atoms with E-state index in [4.69, 9.17) is 0 Å². The third-order valence-electron chi connectivity index (χ3n) is 15.6. The third kappa shape index (κ3) is 7.12. The van der Waals surface area contributed by atoms with Gasteiger partial charge in [-0.25, -0.2) is 4.79 Å². The van der Waals surface area contributed by atoms with Gasteiger partial charge in [-0.05, 0) is 153 Å². The Bertz CT molecular complexity index is 3330. The van der Waals surface area contributed by atoms with Gasteiger partial charge in [-0.2, -0.15) is 10.1 Å². The number of hydrogen-bond donors (Lipinski definition) is 1. The van der Waals surface area contributed by atoms with Gasteiger partial charge in [0, 0.05) is 47.4 Å². The summed E-state index contributed by atoms with van der Waals surface area (Å²) in [4.78, 5) is 32.2. The quantitative estimate of drug-likeness (QED) is 0.124. The molecule has 0 bridgehead atoms. The minimum absolute atomic E-state index is 0.0593. The van der Waals surface area contributed by atoms with Crippen LogP contribution in [0.15, 0.2) is 174 Å². The summed E-state index contributed by atoms with van der Waals surface area (Å²) in [6.07, 6.45) is 1.64. The fourth-order valence-corrected chi connectivity index (χ4v) is 14.8. The van der Waals surface area contributed by atoms with Crippen LogP contribution in [0, 0.1) is 23.7 Å². The van der Waals surface area contributed by atoms with E-state index >= 15 is 0 Å². The number of hydrogen-bond acceptors (Lipinski definition) is 6. The van der Waals surface area contributed by atoms with Crippen LogP contribution >= 0.6 is 22.7 Å². The first-order valence-electron chi connectivity index (χ1n) is 24.8. The van der Waals surface area contributed by atoms with Crippen LogP contribution in [0.5, 0.6) is 0 Å². The van der Waals surface area contributed by atoms with Crippen molar-refractivity contribution in [1.82, 2.24) is 0 Å². The molecule has 1 amide bonds. The Morgan fingerprint density at radius 3 is 1.54 bits per heavy atom. The molecule has 11 rings (SSSR count). The van der Waals surface area contributed by atoms with Crippen molar-refractivity contribution < 1.29 is 14.7 Å². The zero-order valence-corrected chi connectivity index (χ0v) is 43.0. The number of thiophene rings is 2. The van der Waals surface area contributed by atoms with E-state index in [1.807, 2.05) is 18.2 Å². The van der Waals surface area contributed by atoms with Gasteiger partial charge in [-0.1, -0.05) is 146 Å². The highest BCUT2D eigenvalue weighted by Gasteiger charge is 2.49. The molecule has 8 heteroatoms. The van der Waals surface area contributed by atoms with Gasteiger partial charge in [0.05, 0.1) is 11.3 Å². The number of carbonyl (C=O) groups excluding carboxylic acids is 1. The lowest BCUT2D eigenvalue weighted by Gasteiger charge is -2.41. The fraction of sp³-hybridized carbons (Fsp3) is 0.222. The van der Waals surface area contributed by atoms with Crippen LogP contribution in [0.1, 0.15) is 82.5 Å². The molecule has 2 aliphatic carbocycles. The molecule has 1 aliphatic heterocycles. The number of carbonyl (C=O) groups is 2. The Hall–Kier alpha value is -7.13. The largest absolute Gasteiger partial charge is 0.476 e. The average molecular weight is 968 g/mol. The zero-order valence-electron chi connectivity index (χ0n) is 41.4. The molecular weight excluding hydrogens is 911 g/mol. The van der Waals surface area contributed by atoms with Gasteiger partial charge >= 0.3 is 5.97 Å². The van der Waals surface area contributed by atoms with Crippen molar-refractivity contribution in [2.24, 2.45) is 28.8 Å². The van der Waals surface area contributed by atoms with Crippen molar-refractivity contribution in [1.29, 1.82) is 0 Å². The molecule has 0 saturated carbocycles. The normalized spacial score (nSPS) is 15.7. The first-order chi connectivity index (χ1) is 34.2. The summed E-state index contributed by atoms with van der Waals surface area (Å²) in [5.41, 5.74) is 15.5. The van der Waals surface area contributed by atoms with E-state index in [1.54, 1.807) is 41.7 Å². The molecule has 0 radical (unpaired) electrons. The van der Waals surface area contributed by atoms with E-state index in [0.717, 1.165) is 47.1 Å². The first-order valence-corrected chi connectivity index (χ1v) is 26.4. The number of nitrogens with zero attached hydrogens (tertiary/aromatic N) is 3. The Morgan fingerprint density at radius 2 is 1.00 bits per heavy atom. The van der Waals surface area contributed by atoms with Gasteiger partial charge in [0.2, 0.25) is 0 Å². The number of benzene rings is 6. The van der Waals surface area contributed by atoms with Crippen LogP contribution in [0.3, 0.4) is 0 Å². The van der Waals surface area contributed by atoms with Crippen molar-refractivity contribution >= 4 is 69.1 Å². The number of carboxylic acid groups (broad SMARTS) is 1. The smallest absolute Gasteiger partial charge is 0.357 e. The molecule has 0 fully saturated rings. The first kappa shape index (κ1) is 46.3. The van der Waals surface area contributed by atoms with Gasteiger partial charge in [0.25, 0.3) is 5.91 Å². The van der Waals surface area contributed by atoms with Crippen LogP contribution in [-0.4, -0.2) is 22.7 Å². The van der Waals surface area contributed by atoms with E-state index in [2.05, 4.69) is 187 Å². The lowest BCUT2D eigenvalue weighted by molar-refractivity contribution is -0.129. The minimum Gasteiger partial charge on any atom is -0.476 e. The molecule has 1 N–H and O–H groups in total. The molecule has 354 valence electrons. The molecule has 6 aromatic carbocycles. The maximum absolute atomic E-state index is 13.5. The third-order valence-corrected chi connectivity index (χ3v) is 18.0. The summed E-state index contributed by atoms with van der Waals surface area (Å²) < 4.78 is 0. The number of fused-ring (bicyclic) bond motifs is 6. The molecule has 2 aromatic heterocycles. The molecule has 3 aliphatic rings. The lowest BCUT2D eigenvalue weighted by Crippen LogP contribution is -2.37. The molecular formula is C63H57N3O3S2. The highest BCUT2D eigenvalue weighted by atomic mass is 32.1. The van der Waals surface area contributed by atoms with Gasteiger partial charge < -0.3 is 10.0 Å². The molecule has 3 heterocycles. The monoisotopic (exact) mass is 967 g/mol. The second-order valence-electron chi connectivity index (χ2n) is 20.4. The van der Waals surface area contributed by atoms with Crippen LogP contribution in [0.2, 0.25) is 0 Å². The van der Waals surface area contributed by atoms with E-state index < -0.39 is 11.9 Å². The fourth-order valence-electron chi connectivity index (χ4n) is 12.8. The van der Waals surface area contributed by atoms with E-state index in [1.165, 1.54) is 55.8 Å². The Labute approximate surface area is 425 Å². The summed E-state index contributed by atoms with van der Waals surface area (Å²) in [6.45, 7) is 19.1. The second kappa shape index (κ2) is 17.6. The van der Waals surface area contributed by atoms with Crippen molar-refractivity contribution in [3.8, 4) is 42.4 Å². The molecule has 6 nitrogen and oxygen atoms in total. The van der Waals surface area contributed by atoms with Crippen LogP contribution in [0.25, 0.3) is 48.5 Å². The standard InChI is InChI=1S/C63H57N3O3S2/c1-37(2)62(38(3)4)52-20-14-12-18-47(52)49-29-26-44(34-54(49)62)65(45-27-30-50-48-19-13-15-21-53(48)63(39(5)6,40(7)8)55(50)35-45)42-24-22-41(23-25-42)56-32-33-58(71-56)57-31-28-46(70-57)36-51-59(61(68)69)64-66(60(51)67)43-16-10-9-11-17-43/h9-40H,1-8H3,(H,68,69)/b51-36-. The molecule has 8 aromatic rings. The number of carboxylic acids is 1. The van der Waals surface area contributed by atoms with Crippen molar-refractivity contribution in [3.05, 3.63) is 196 Å². The number of hydrazone groups is 1. The molecule has 0 saturated heterocycles. The number of amides is 1. The molecule has 0 spiro atoms.